The molecule has 6 nitrogen and oxygen atoms in total. The standard InChI is InChI=1S/C19H24N2O4/c1-13-3-2-8-21(12-13)18(23)19(6-7-19)17(22)20-14-4-5-15-16(11-14)25-10-9-24-15/h4-5,11,13H,2-3,6-10,12H2,1H3,(H,20,22). The number of hydrogen-bond acceptors (Lipinski definition) is 4. The molecule has 2 amide bonds. The van der Waals surface area contributed by atoms with Gasteiger partial charge < -0.3 is 19.7 Å². The van der Waals surface area contributed by atoms with Gasteiger partial charge in [-0.1, -0.05) is 6.92 Å². The quantitative estimate of drug-likeness (QED) is 0.855. The molecular formula is C19H24N2O4. The Morgan fingerprint density at radius 1 is 1.20 bits per heavy atom. The predicted octanol–water partition coefficient (Wildman–Crippen LogP) is 2.44. The summed E-state index contributed by atoms with van der Waals surface area (Å²) < 4.78 is 11.0. The van der Waals surface area contributed by atoms with Gasteiger partial charge in [0.05, 0.1) is 0 Å². The van der Waals surface area contributed by atoms with E-state index in [1.807, 2.05) is 4.90 Å². The van der Waals surface area contributed by atoms with Crippen LogP contribution in [0.5, 0.6) is 11.5 Å². The first-order valence-corrected chi connectivity index (χ1v) is 9.09. The SMILES string of the molecule is CC1CCCN(C(=O)C2(C(=O)Nc3ccc4c(c3)OCCO4)CC2)C1. The van der Waals surface area contributed by atoms with E-state index < -0.39 is 5.41 Å². The molecule has 1 aliphatic carbocycles. The van der Waals surface area contributed by atoms with Gasteiger partial charge in [0.25, 0.3) is 0 Å². The Balaban J connectivity index is 1.46. The third-order valence-electron chi connectivity index (χ3n) is 5.34. The van der Waals surface area contributed by atoms with Crippen LogP contribution in [0.4, 0.5) is 5.69 Å². The van der Waals surface area contributed by atoms with Gasteiger partial charge in [0, 0.05) is 24.8 Å². The number of anilines is 1. The van der Waals surface area contributed by atoms with E-state index in [0.29, 0.717) is 49.2 Å². The fourth-order valence-electron chi connectivity index (χ4n) is 3.71. The molecule has 1 unspecified atom stereocenters. The smallest absolute Gasteiger partial charge is 0.240 e. The molecule has 2 fully saturated rings. The molecule has 0 bridgehead atoms. The summed E-state index contributed by atoms with van der Waals surface area (Å²) in [6, 6.07) is 5.34. The third kappa shape index (κ3) is 3.05. The summed E-state index contributed by atoms with van der Waals surface area (Å²) in [6.07, 6.45) is 3.44. The molecule has 1 saturated carbocycles. The molecule has 3 aliphatic rings. The Labute approximate surface area is 147 Å². The summed E-state index contributed by atoms with van der Waals surface area (Å²) in [5, 5.41) is 2.90. The van der Waals surface area contributed by atoms with Gasteiger partial charge in [0.15, 0.2) is 11.5 Å². The van der Waals surface area contributed by atoms with Crippen LogP contribution in [0.15, 0.2) is 18.2 Å². The zero-order valence-electron chi connectivity index (χ0n) is 14.5. The molecule has 1 N–H and O–H groups in total. The number of piperidine rings is 1. The predicted molar refractivity (Wildman–Crippen MR) is 92.7 cm³/mol. The summed E-state index contributed by atoms with van der Waals surface area (Å²) in [5.41, 5.74) is -0.232. The van der Waals surface area contributed by atoms with Crippen molar-refractivity contribution in [3.63, 3.8) is 0 Å². The van der Waals surface area contributed by atoms with E-state index in [4.69, 9.17) is 9.47 Å². The van der Waals surface area contributed by atoms with Gasteiger partial charge in [0.2, 0.25) is 11.8 Å². The van der Waals surface area contributed by atoms with Crippen LogP contribution in [-0.4, -0.2) is 43.0 Å². The Morgan fingerprint density at radius 3 is 2.68 bits per heavy atom. The zero-order valence-corrected chi connectivity index (χ0v) is 14.5. The van der Waals surface area contributed by atoms with Crippen LogP contribution >= 0.6 is 0 Å². The number of carbonyl (C=O) groups is 2. The molecule has 1 aromatic rings. The van der Waals surface area contributed by atoms with Crippen molar-refractivity contribution in [1.82, 2.24) is 4.90 Å². The van der Waals surface area contributed by atoms with Crippen LogP contribution < -0.4 is 14.8 Å². The van der Waals surface area contributed by atoms with Crippen LogP contribution in [0.1, 0.15) is 32.6 Å². The number of benzene rings is 1. The number of carbonyl (C=O) groups excluding carboxylic acids is 2. The number of hydrogen-bond donors (Lipinski definition) is 1. The fourth-order valence-corrected chi connectivity index (χ4v) is 3.71. The molecule has 0 radical (unpaired) electrons. The molecular weight excluding hydrogens is 320 g/mol. The van der Waals surface area contributed by atoms with E-state index in [9.17, 15) is 9.59 Å². The van der Waals surface area contributed by atoms with Gasteiger partial charge in [-0.2, -0.15) is 0 Å². The van der Waals surface area contributed by atoms with Crippen molar-refractivity contribution in [2.45, 2.75) is 32.6 Å². The second kappa shape index (κ2) is 6.24. The van der Waals surface area contributed by atoms with E-state index in [1.54, 1.807) is 18.2 Å². The Morgan fingerprint density at radius 2 is 1.96 bits per heavy atom. The Hall–Kier alpha value is -2.24. The molecule has 25 heavy (non-hydrogen) atoms. The number of fused-ring (bicyclic) bond motifs is 1. The normalized spacial score (nSPS) is 23.7. The largest absolute Gasteiger partial charge is 0.486 e. The van der Waals surface area contributed by atoms with E-state index in [0.717, 1.165) is 25.9 Å². The topological polar surface area (TPSA) is 67.9 Å². The number of likely N-dealkylation sites (tertiary alicyclic amines) is 1. The van der Waals surface area contributed by atoms with Gasteiger partial charge in [-0.05, 0) is 43.7 Å². The minimum atomic E-state index is -0.871. The summed E-state index contributed by atoms with van der Waals surface area (Å²) >= 11 is 0. The molecule has 0 spiro atoms. The maximum Gasteiger partial charge on any atom is 0.240 e. The van der Waals surface area contributed by atoms with Crippen molar-refractivity contribution < 1.29 is 19.1 Å². The second-order valence-corrected chi connectivity index (χ2v) is 7.39. The van der Waals surface area contributed by atoms with Gasteiger partial charge >= 0.3 is 0 Å². The average Bonchev–Trinajstić information content (AvgIpc) is 3.43. The Bertz CT molecular complexity index is 699. The molecule has 2 aliphatic heterocycles. The van der Waals surface area contributed by atoms with Crippen LogP contribution in [-0.2, 0) is 9.59 Å². The zero-order chi connectivity index (χ0) is 17.4. The summed E-state index contributed by atoms with van der Waals surface area (Å²) in [4.78, 5) is 27.6. The first-order valence-electron chi connectivity index (χ1n) is 9.09. The maximum atomic E-state index is 12.9. The minimum Gasteiger partial charge on any atom is -0.486 e. The highest BCUT2D eigenvalue weighted by Gasteiger charge is 2.58. The lowest BCUT2D eigenvalue weighted by Gasteiger charge is -2.33. The molecule has 6 heteroatoms. The number of nitrogens with one attached hydrogen (secondary N) is 1. The van der Waals surface area contributed by atoms with E-state index in [1.165, 1.54) is 0 Å². The van der Waals surface area contributed by atoms with Crippen LogP contribution in [0, 0.1) is 11.3 Å². The van der Waals surface area contributed by atoms with Crippen molar-refractivity contribution in [3.05, 3.63) is 18.2 Å². The van der Waals surface area contributed by atoms with Crippen molar-refractivity contribution in [2.24, 2.45) is 11.3 Å². The first kappa shape index (κ1) is 16.2. The van der Waals surface area contributed by atoms with E-state index >= 15 is 0 Å². The lowest BCUT2D eigenvalue weighted by Crippen LogP contribution is -2.46. The van der Waals surface area contributed by atoms with Crippen LogP contribution in [0.3, 0.4) is 0 Å². The van der Waals surface area contributed by atoms with E-state index in [2.05, 4.69) is 12.2 Å². The average molecular weight is 344 g/mol. The number of rotatable bonds is 3. The number of nitrogens with zero attached hydrogens (tertiary/aromatic N) is 1. The minimum absolute atomic E-state index is 0.00547. The van der Waals surface area contributed by atoms with Gasteiger partial charge in [-0.3, -0.25) is 9.59 Å². The Kier molecular flexibility index (Phi) is 4.06. The van der Waals surface area contributed by atoms with Crippen molar-refractivity contribution >= 4 is 17.5 Å². The van der Waals surface area contributed by atoms with Gasteiger partial charge in [-0.25, -0.2) is 0 Å². The van der Waals surface area contributed by atoms with Crippen LogP contribution in [0.25, 0.3) is 0 Å². The second-order valence-electron chi connectivity index (χ2n) is 7.39. The molecule has 1 saturated heterocycles. The molecule has 1 aromatic carbocycles. The summed E-state index contributed by atoms with van der Waals surface area (Å²) in [5.74, 6) is 1.62. The molecule has 2 heterocycles. The monoisotopic (exact) mass is 344 g/mol. The third-order valence-corrected chi connectivity index (χ3v) is 5.34. The van der Waals surface area contributed by atoms with Crippen molar-refractivity contribution in [1.29, 1.82) is 0 Å². The molecule has 0 aromatic heterocycles. The molecule has 4 rings (SSSR count). The van der Waals surface area contributed by atoms with Crippen molar-refractivity contribution in [2.75, 3.05) is 31.6 Å². The summed E-state index contributed by atoms with van der Waals surface area (Å²) in [6.45, 7) is 4.72. The lowest BCUT2D eigenvalue weighted by atomic mass is 9.96. The molecule has 1 atom stereocenters. The highest BCUT2D eigenvalue weighted by Crippen LogP contribution is 2.49. The van der Waals surface area contributed by atoms with Gasteiger partial charge in [0.1, 0.15) is 18.6 Å². The number of amides is 2. The number of ether oxygens (including phenoxy) is 2. The highest BCUT2D eigenvalue weighted by molar-refractivity contribution is 6.13. The fraction of sp³-hybridized carbons (Fsp3) is 0.579. The highest BCUT2D eigenvalue weighted by atomic mass is 16.6. The van der Waals surface area contributed by atoms with Crippen molar-refractivity contribution in [3.8, 4) is 11.5 Å². The first-order chi connectivity index (χ1) is 12.1. The lowest BCUT2D eigenvalue weighted by molar-refractivity contribution is -0.143. The maximum absolute atomic E-state index is 12.9. The summed E-state index contributed by atoms with van der Waals surface area (Å²) in [7, 11) is 0. The van der Waals surface area contributed by atoms with E-state index in [-0.39, 0.29) is 11.8 Å². The van der Waals surface area contributed by atoms with Gasteiger partial charge in [-0.15, -0.1) is 0 Å². The molecule has 134 valence electrons. The van der Waals surface area contributed by atoms with Crippen LogP contribution in [0.2, 0.25) is 0 Å².